The van der Waals surface area contributed by atoms with E-state index in [1.54, 1.807) is 19.1 Å². The van der Waals surface area contributed by atoms with Gasteiger partial charge in [0.05, 0.1) is 5.52 Å². The Hall–Kier alpha value is -2.70. The van der Waals surface area contributed by atoms with E-state index in [1.807, 2.05) is 0 Å². The molecule has 0 fully saturated rings. The average Bonchev–Trinajstić information content (AvgIpc) is 2.70. The highest BCUT2D eigenvalue weighted by Gasteiger charge is 2.13. The summed E-state index contributed by atoms with van der Waals surface area (Å²) < 4.78 is 14.7. The van der Waals surface area contributed by atoms with Crippen molar-refractivity contribution in [2.45, 2.75) is 6.92 Å². The maximum atomic E-state index is 13.8. The number of aromatic nitrogens is 4. The fourth-order valence-corrected chi connectivity index (χ4v) is 1.95. The lowest BCUT2D eigenvalue weighted by molar-refractivity contribution is 0.605. The number of aryl methyl sites for hydroxylation is 1. The summed E-state index contributed by atoms with van der Waals surface area (Å²) in [5, 5.41) is 8.77. The molecule has 0 saturated heterocycles. The van der Waals surface area contributed by atoms with Crippen molar-refractivity contribution < 1.29 is 4.39 Å². The first-order chi connectivity index (χ1) is 9.08. The summed E-state index contributed by atoms with van der Waals surface area (Å²) in [6.45, 7) is 1.66. The number of hydrogen-bond donors (Lipinski definition) is 2. The van der Waals surface area contributed by atoms with Gasteiger partial charge in [0.25, 0.3) is 11.1 Å². The SMILES string of the molecule is Cc1cccc(F)c1-n1nc2c(=O)[nH][nH]c2cc1=O. The number of halogens is 1. The zero-order valence-electron chi connectivity index (χ0n) is 9.90. The smallest absolute Gasteiger partial charge is 0.292 e. The molecule has 2 N–H and O–H groups in total. The van der Waals surface area contributed by atoms with E-state index in [0.717, 1.165) is 4.68 Å². The van der Waals surface area contributed by atoms with Gasteiger partial charge in [-0.1, -0.05) is 12.1 Å². The van der Waals surface area contributed by atoms with Crippen LogP contribution in [0.15, 0.2) is 33.9 Å². The van der Waals surface area contributed by atoms with Gasteiger partial charge in [-0.15, -0.1) is 0 Å². The lowest BCUT2D eigenvalue weighted by Crippen LogP contribution is -2.23. The van der Waals surface area contributed by atoms with Gasteiger partial charge in [0.1, 0.15) is 11.5 Å². The lowest BCUT2D eigenvalue weighted by Gasteiger charge is -2.08. The molecular formula is C12H9FN4O2. The van der Waals surface area contributed by atoms with Gasteiger partial charge in [-0.2, -0.15) is 9.78 Å². The van der Waals surface area contributed by atoms with Crippen molar-refractivity contribution in [3.63, 3.8) is 0 Å². The van der Waals surface area contributed by atoms with E-state index >= 15 is 0 Å². The Kier molecular flexibility index (Phi) is 2.34. The van der Waals surface area contributed by atoms with Crippen molar-refractivity contribution in [2.24, 2.45) is 0 Å². The number of hydrogen-bond acceptors (Lipinski definition) is 3. The van der Waals surface area contributed by atoms with E-state index in [0.29, 0.717) is 11.1 Å². The van der Waals surface area contributed by atoms with Crippen LogP contribution in [-0.4, -0.2) is 20.0 Å². The molecule has 3 aromatic rings. The van der Waals surface area contributed by atoms with Crippen LogP contribution in [0.4, 0.5) is 4.39 Å². The van der Waals surface area contributed by atoms with Gasteiger partial charge in [-0.3, -0.25) is 19.8 Å². The molecule has 6 nitrogen and oxygen atoms in total. The number of nitrogens with zero attached hydrogens (tertiary/aromatic N) is 2. The molecule has 1 aromatic carbocycles. The van der Waals surface area contributed by atoms with Gasteiger partial charge in [0.2, 0.25) is 0 Å². The predicted octanol–water partition coefficient (Wildman–Crippen LogP) is 0.850. The highest BCUT2D eigenvalue weighted by atomic mass is 19.1. The molecular weight excluding hydrogens is 251 g/mol. The summed E-state index contributed by atoms with van der Waals surface area (Å²) in [6.07, 6.45) is 0. The summed E-state index contributed by atoms with van der Waals surface area (Å²) in [6, 6.07) is 5.65. The minimum absolute atomic E-state index is 0.0509. The Labute approximate surface area is 105 Å². The molecule has 0 aliphatic carbocycles. The van der Waals surface area contributed by atoms with Crippen LogP contribution >= 0.6 is 0 Å². The van der Waals surface area contributed by atoms with Crippen molar-refractivity contribution >= 4 is 11.0 Å². The van der Waals surface area contributed by atoms with Crippen LogP contribution in [0.3, 0.4) is 0 Å². The Morgan fingerprint density at radius 2 is 2.05 bits per heavy atom. The van der Waals surface area contributed by atoms with Crippen LogP contribution in [-0.2, 0) is 0 Å². The molecule has 2 aromatic heterocycles. The molecule has 3 rings (SSSR count). The van der Waals surface area contributed by atoms with Crippen molar-refractivity contribution in [3.05, 3.63) is 56.4 Å². The van der Waals surface area contributed by atoms with Gasteiger partial charge in [-0.05, 0) is 18.6 Å². The summed E-state index contributed by atoms with van der Waals surface area (Å²) in [7, 11) is 0. The van der Waals surface area contributed by atoms with Crippen molar-refractivity contribution in [3.8, 4) is 5.69 Å². The Balaban J connectivity index is 2.42. The summed E-state index contributed by atoms with van der Waals surface area (Å²) in [5.74, 6) is -0.569. The monoisotopic (exact) mass is 260 g/mol. The second kappa shape index (κ2) is 3.91. The number of benzene rings is 1. The molecule has 0 unspecified atom stereocenters. The number of nitrogens with one attached hydrogen (secondary N) is 2. The summed E-state index contributed by atoms with van der Waals surface area (Å²) in [5.41, 5.74) is -0.0212. The van der Waals surface area contributed by atoms with Gasteiger partial charge in [-0.25, -0.2) is 4.39 Å². The fraction of sp³-hybridized carbons (Fsp3) is 0.0833. The van der Waals surface area contributed by atoms with Gasteiger partial charge < -0.3 is 0 Å². The number of rotatable bonds is 1. The lowest BCUT2D eigenvalue weighted by atomic mass is 10.2. The minimum Gasteiger partial charge on any atom is -0.296 e. The highest BCUT2D eigenvalue weighted by Crippen LogP contribution is 2.15. The first-order valence-electron chi connectivity index (χ1n) is 5.54. The standard InChI is InChI=1S/C12H9FN4O2/c1-6-3-2-4-7(13)11(6)17-9(18)5-8-10(16-17)12(19)15-14-8/h2-5,14H,1H3,(H,15,19). The molecule has 19 heavy (non-hydrogen) atoms. The van der Waals surface area contributed by atoms with Gasteiger partial charge in [0.15, 0.2) is 5.52 Å². The first kappa shape index (κ1) is 11.4. The zero-order chi connectivity index (χ0) is 13.6. The number of aromatic amines is 2. The molecule has 7 heteroatoms. The van der Waals surface area contributed by atoms with Crippen LogP contribution in [0.1, 0.15) is 5.56 Å². The molecule has 96 valence electrons. The largest absolute Gasteiger partial charge is 0.296 e. The van der Waals surface area contributed by atoms with Gasteiger partial charge in [0, 0.05) is 6.07 Å². The van der Waals surface area contributed by atoms with Crippen LogP contribution in [0, 0.1) is 12.7 Å². The maximum Gasteiger partial charge on any atom is 0.292 e. The molecule has 0 atom stereocenters. The average molecular weight is 260 g/mol. The van der Waals surface area contributed by atoms with E-state index in [2.05, 4.69) is 15.3 Å². The van der Waals surface area contributed by atoms with E-state index < -0.39 is 16.9 Å². The van der Waals surface area contributed by atoms with E-state index in [1.165, 1.54) is 12.1 Å². The summed E-state index contributed by atoms with van der Waals surface area (Å²) in [4.78, 5) is 23.4. The second-order valence-electron chi connectivity index (χ2n) is 4.14. The quantitative estimate of drug-likeness (QED) is 0.680. The third kappa shape index (κ3) is 1.67. The molecule has 0 bridgehead atoms. The molecule has 0 radical (unpaired) electrons. The maximum absolute atomic E-state index is 13.8. The molecule has 2 heterocycles. The molecule has 0 saturated carbocycles. The van der Waals surface area contributed by atoms with Crippen molar-refractivity contribution in [1.82, 2.24) is 20.0 Å². The topological polar surface area (TPSA) is 83.5 Å². The Morgan fingerprint density at radius 1 is 1.26 bits per heavy atom. The Morgan fingerprint density at radius 3 is 2.79 bits per heavy atom. The second-order valence-corrected chi connectivity index (χ2v) is 4.14. The summed E-state index contributed by atoms with van der Waals surface area (Å²) >= 11 is 0. The van der Waals surface area contributed by atoms with Crippen LogP contribution < -0.4 is 11.1 Å². The molecule has 0 aliphatic rings. The van der Waals surface area contributed by atoms with Gasteiger partial charge >= 0.3 is 0 Å². The normalized spacial score (nSPS) is 11.1. The minimum atomic E-state index is -0.569. The van der Waals surface area contributed by atoms with Crippen LogP contribution in [0.2, 0.25) is 0 Å². The number of para-hydroxylation sites is 1. The fourth-order valence-electron chi connectivity index (χ4n) is 1.95. The first-order valence-corrected chi connectivity index (χ1v) is 5.54. The van der Waals surface area contributed by atoms with E-state index in [9.17, 15) is 14.0 Å². The van der Waals surface area contributed by atoms with Crippen molar-refractivity contribution in [1.29, 1.82) is 0 Å². The third-order valence-electron chi connectivity index (χ3n) is 2.86. The van der Waals surface area contributed by atoms with E-state index in [-0.39, 0.29) is 11.2 Å². The molecule has 0 amide bonds. The van der Waals surface area contributed by atoms with Crippen LogP contribution in [0.5, 0.6) is 0 Å². The zero-order valence-corrected chi connectivity index (χ0v) is 9.90. The highest BCUT2D eigenvalue weighted by molar-refractivity contribution is 5.72. The third-order valence-corrected chi connectivity index (χ3v) is 2.86. The number of fused-ring (bicyclic) bond motifs is 1. The number of H-pyrrole nitrogens is 2. The van der Waals surface area contributed by atoms with E-state index in [4.69, 9.17) is 0 Å². The Bertz CT molecular complexity index is 870. The molecule has 0 spiro atoms. The van der Waals surface area contributed by atoms with Crippen molar-refractivity contribution in [2.75, 3.05) is 0 Å². The van der Waals surface area contributed by atoms with Crippen LogP contribution in [0.25, 0.3) is 16.7 Å². The molecule has 0 aliphatic heterocycles. The predicted molar refractivity (Wildman–Crippen MR) is 67.0 cm³/mol.